The highest BCUT2D eigenvalue weighted by Gasteiger charge is 2.27. The highest BCUT2D eigenvalue weighted by atomic mass is 32.1. The number of nitro groups is 1. The fourth-order valence-electron chi connectivity index (χ4n) is 1.85. The molecule has 0 spiro atoms. The molecule has 19 heavy (non-hydrogen) atoms. The molecular weight excluding hydrogens is 262 g/mol. The summed E-state index contributed by atoms with van der Waals surface area (Å²) in [6, 6.07) is 5.03. The smallest absolute Gasteiger partial charge is 0.311 e. The van der Waals surface area contributed by atoms with Crippen molar-refractivity contribution in [3.63, 3.8) is 0 Å². The van der Waals surface area contributed by atoms with Crippen LogP contribution in [0.5, 0.6) is 5.75 Å². The Hall–Kier alpha value is -1.23. The molecule has 106 valence electrons. The Morgan fingerprint density at radius 2 is 2.00 bits per heavy atom. The molecule has 0 saturated heterocycles. The largest absolute Gasteiger partial charge is 0.486 e. The number of nitro benzene ring substituents is 1. The van der Waals surface area contributed by atoms with Crippen LogP contribution >= 0.6 is 12.6 Å². The van der Waals surface area contributed by atoms with Crippen molar-refractivity contribution in [1.82, 2.24) is 0 Å². The van der Waals surface area contributed by atoms with Crippen LogP contribution in [0.1, 0.15) is 32.3 Å². The Bertz CT molecular complexity index is 436. The maximum atomic E-state index is 11.0. The Labute approximate surface area is 119 Å². The van der Waals surface area contributed by atoms with Gasteiger partial charge in [0.15, 0.2) is 5.75 Å². The predicted octanol–water partition coefficient (Wildman–Crippen LogP) is 4.02. The van der Waals surface area contributed by atoms with Crippen LogP contribution in [0.25, 0.3) is 0 Å². The van der Waals surface area contributed by atoms with Gasteiger partial charge in [-0.1, -0.05) is 19.9 Å². The van der Waals surface area contributed by atoms with Crippen LogP contribution in [0, 0.1) is 22.5 Å². The first kappa shape index (κ1) is 15.8. The molecule has 5 heteroatoms. The molecule has 0 radical (unpaired) electrons. The monoisotopic (exact) mass is 283 g/mol. The zero-order chi connectivity index (χ0) is 14.5. The number of hydrogen-bond acceptors (Lipinski definition) is 4. The predicted molar refractivity (Wildman–Crippen MR) is 80.2 cm³/mol. The Balaban J connectivity index is 2.91. The molecule has 0 unspecified atom stereocenters. The van der Waals surface area contributed by atoms with E-state index in [9.17, 15) is 10.1 Å². The highest BCUT2D eigenvalue weighted by molar-refractivity contribution is 7.80. The van der Waals surface area contributed by atoms with Gasteiger partial charge in [0, 0.05) is 11.5 Å². The second-order valence-corrected chi connectivity index (χ2v) is 5.20. The number of thiol groups is 1. The third-order valence-electron chi connectivity index (χ3n) is 3.68. The Kier molecular flexibility index (Phi) is 5.66. The number of aryl methyl sites for hydroxylation is 1. The van der Waals surface area contributed by atoms with Gasteiger partial charge >= 0.3 is 5.69 Å². The summed E-state index contributed by atoms with van der Waals surface area (Å²) in [5, 5.41) is 11.0. The van der Waals surface area contributed by atoms with Crippen LogP contribution in [0.15, 0.2) is 18.2 Å². The van der Waals surface area contributed by atoms with E-state index in [1.54, 1.807) is 6.07 Å². The van der Waals surface area contributed by atoms with Crippen LogP contribution in [-0.4, -0.2) is 17.3 Å². The van der Waals surface area contributed by atoms with Crippen molar-refractivity contribution in [2.75, 3.05) is 12.4 Å². The molecular formula is C14H21NO3S. The average molecular weight is 283 g/mol. The quantitative estimate of drug-likeness (QED) is 0.467. The van der Waals surface area contributed by atoms with Crippen molar-refractivity contribution < 1.29 is 9.66 Å². The van der Waals surface area contributed by atoms with Gasteiger partial charge in [0.05, 0.1) is 11.5 Å². The minimum atomic E-state index is -0.400. The fourth-order valence-corrected chi connectivity index (χ4v) is 2.38. The van der Waals surface area contributed by atoms with E-state index in [1.165, 1.54) is 6.07 Å². The van der Waals surface area contributed by atoms with Crippen molar-refractivity contribution in [1.29, 1.82) is 0 Å². The summed E-state index contributed by atoms with van der Waals surface area (Å²) in [6.07, 6.45) is 1.87. The van der Waals surface area contributed by atoms with Crippen LogP contribution in [0.3, 0.4) is 0 Å². The number of benzene rings is 1. The van der Waals surface area contributed by atoms with Crippen molar-refractivity contribution in [2.45, 2.75) is 33.6 Å². The first-order chi connectivity index (χ1) is 8.98. The van der Waals surface area contributed by atoms with Crippen molar-refractivity contribution >= 4 is 18.3 Å². The molecule has 1 aromatic carbocycles. The van der Waals surface area contributed by atoms with Gasteiger partial charge in [0.1, 0.15) is 0 Å². The molecule has 0 bridgehead atoms. The van der Waals surface area contributed by atoms with Gasteiger partial charge in [-0.2, -0.15) is 12.6 Å². The van der Waals surface area contributed by atoms with E-state index >= 15 is 0 Å². The van der Waals surface area contributed by atoms with Crippen LogP contribution in [-0.2, 0) is 0 Å². The minimum Gasteiger partial charge on any atom is -0.486 e. The van der Waals surface area contributed by atoms with E-state index in [1.807, 2.05) is 13.0 Å². The molecule has 0 heterocycles. The third kappa shape index (κ3) is 3.86. The number of ether oxygens (including phenoxy) is 1. The lowest BCUT2D eigenvalue weighted by Gasteiger charge is -2.29. The molecule has 4 nitrogen and oxygen atoms in total. The lowest BCUT2D eigenvalue weighted by atomic mass is 9.85. The molecule has 0 aliphatic carbocycles. The lowest BCUT2D eigenvalue weighted by molar-refractivity contribution is -0.386. The van der Waals surface area contributed by atoms with E-state index in [0.29, 0.717) is 18.1 Å². The zero-order valence-electron chi connectivity index (χ0n) is 11.7. The summed E-state index contributed by atoms with van der Waals surface area (Å²) in [5.74, 6) is 1.04. The molecule has 0 saturated carbocycles. The van der Waals surface area contributed by atoms with Gasteiger partial charge in [-0.05, 0) is 37.1 Å². The summed E-state index contributed by atoms with van der Waals surface area (Å²) in [6.45, 7) is 6.46. The van der Waals surface area contributed by atoms with Gasteiger partial charge in [-0.3, -0.25) is 10.1 Å². The fraction of sp³-hybridized carbons (Fsp3) is 0.571. The standard InChI is InChI=1S/C14H21NO3S/c1-4-14(5-2,10-19)9-18-13-7-6-11(3)8-12(13)15(16)17/h6-8,19H,4-5,9-10H2,1-3H3. The van der Waals surface area contributed by atoms with Gasteiger partial charge in [-0.15, -0.1) is 0 Å². The topological polar surface area (TPSA) is 52.4 Å². The van der Waals surface area contributed by atoms with E-state index in [0.717, 1.165) is 18.4 Å². The molecule has 0 aliphatic rings. The summed E-state index contributed by atoms with van der Waals surface area (Å²) in [4.78, 5) is 10.6. The molecule has 0 aliphatic heterocycles. The van der Waals surface area contributed by atoms with Crippen molar-refractivity contribution in [2.24, 2.45) is 5.41 Å². The third-order valence-corrected chi connectivity index (χ3v) is 4.35. The van der Waals surface area contributed by atoms with E-state index in [2.05, 4.69) is 26.5 Å². The molecule has 0 amide bonds. The molecule has 0 aromatic heterocycles. The SMILES string of the molecule is CCC(CC)(CS)COc1ccc(C)cc1[N+](=O)[O-]. The minimum absolute atomic E-state index is 0.0259. The number of hydrogen-bond donors (Lipinski definition) is 1. The maximum absolute atomic E-state index is 11.0. The Morgan fingerprint density at radius 3 is 2.47 bits per heavy atom. The number of nitrogens with zero attached hydrogens (tertiary/aromatic N) is 1. The summed E-state index contributed by atoms with van der Waals surface area (Å²) >= 11 is 4.38. The second-order valence-electron chi connectivity index (χ2n) is 4.88. The van der Waals surface area contributed by atoms with E-state index in [4.69, 9.17) is 4.74 Å². The normalized spacial score (nSPS) is 11.4. The number of rotatable bonds is 7. The van der Waals surface area contributed by atoms with Crippen molar-refractivity contribution in [3.05, 3.63) is 33.9 Å². The van der Waals surface area contributed by atoms with Crippen LogP contribution in [0.4, 0.5) is 5.69 Å². The maximum Gasteiger partial charge on any atom is 0.311 e. The van der Waals surface area contributed by atoms with E-state index in [-0.39, 0.29) is 11.1 Å². The Morgan fingerprint density at radius 1 is 1.37 bits per heavy atom. The molecule has 1 aromatic rings. The molecule has 0 fully saturated rings. The van der Waals surface area contributed by atoms with Gasteiger partial charge in [-0.25, -0.2) is 0 Å². The van der Waals surface area contributed by atoms with Gasteiger partial charge < -0.3 is 4.74 Å². The highest BCUT2D eigenvalue weighted by Crippen LogP contribution is 2.32. The first-order valence-electron chi connectivity index (χ1n) is 6.46. The summed E-state index contributed by atoms with van der Waals surface area (Å²) < 4.78 is 5.70. The van der Waals surface area contributed by atoms with Crippen molar-refractivity contribution in [3.8, 4) is 5.75 Å². The zero-order valence-corrected chi connectivity index (χ0v) is 12.6. The molecule has 1 rings (SSSR count). The van der Waals surface area contributed by atoms with E-state index < -0.39 is 4.92 Å². The first-order valence-corrected chi connectivity index (χ1v) is 7.10. The van der Waals surface area contributed by atoms with Gasteiger partial charge in [0.25, 0.3) is 0 Å². The second kappa shape index (κ2) is 6.80. The average Bonchev–Trinajstić information content (AvgIpc) is 2.42. The van der Waals surface area contributed by atoms with Gasteiger partial charge in [0.2, 0.25) is 0 Å². The van der Waals surface area contributed by atoms with Crippen LogP contribution < -0.4 is 4.74 Å². The molecule has 0 N–H and O–H groups in total. The summed E-state index contributed by atoms with van der Waals surface area (Å²) in [7, 11) is 0. The molecule has 0 atom stereocenters. The lowest BCUT2D eigenvalue weighted by Crippen LogP contribution is -2.29. The van der Waals surface area contributed by atoms with Crippen LogP contribution in [0.2, 0.25) is 0 Å². The summed E-state index contributed by atoms with van der Waals surface area (Å²) in [5.41, 5.74) is 0.854.